The molecule has 2 amide bonds. The molecule has 1 N–H and O–H groups in total. The van der Waals surface area contributed by atoms with E-state index in [2.05, 4.69) is 5.32 Å². The fraction of sp³-hybridized carbons (Fsp3) is 0.217. The molecule has 1 aliphatic heterocycles. The Kier molecular flexibility index (Phi) is 5.16. The van der Waals surface area contributed by atoms with Crippen LogP contribution in [0, 0.1) is 5.82 Å². The Hall–Kier alpha value is -3.41. The third-order valence-corrected chi connectivity index (χ3v) is 5.02. The number of carbonyl (C=O) groups is 2. The van der Waals surface area contributed by atoms with Gasteiger partial charge in [-0.1, -0.05) is 6.92 Å². The van der Waals surface area contributed by atoms with Gasteiger partial charge < -0.3 is 14.6 Å². The van der Waals surface area contributed by atoms with Crippen LogP contribution in [0.1, 0.15) is 35.0 Å². The molecule has 1 aromatic heterocycles. The van der Waals surface area contributed by atoms with Crippen LogP contribution in [0.5, 0.6) is 0 Å². The minimum Gasteiger partial charge on any atom is -0.461 e. The average molecular weight is 392 g/mol. The summed E-state index contributed by atoms with van der Waals surface area (Å²) in [4.78, 5) is 25.9. The number of amides is 2. The summed E-state index contributed by atoms with van der Waals surface area (Å²) in [5.74, 6) is 1.11. The lowest BCUT2D eigenvalue weighted by molar-refractivity contribution is -0.115. The highest BCUT2D eigenvalue weighted by Crippen LogP contribution is 2.30. The Morgan fingerprint density at radius 2 is 1.83 bits per heavy atom. The Morgan fingerprint density at radius 3 is 2.52 bits per heavy atom. The van der Waals surface area contributed by atoms with Gasteiger partial charge in [-0.05, 0) is 54.6 Å². The van der Waals surface area contributed by atoms with Gasteiger partial charge >= 0.3 is 0 Å². The van der Waals surface area contributed by atoms with E-state index in [0.717, 1.165) is 28.3 Å². The summed E-state index contributed by atoms with van der Waals surface area (Å²) in [5.41, 5.74) is 3.10. The highest BCUT2D eigenvalue weighted by atomic mass is 19.1. The molecule has 2 heterocycles. The fourth-order valence-electron chi connectivity index (χ4n) is 3.39. The first kappa shape index (κ1) is 18.9. The maximum Gasteiger partial charge on any atom is 0.254 e. The van der Waals surface area contributed by atoms with Crippen LogP contribution < -0.4 is 5.32 Å². The van der Waals surface area contributed by atoms with Crippen LogP contribution in [0.25, 0.3) is 11.3 Å². The Balaban J connectivity index is 1.49. The summed E-state index contributed by atoms with van der Waals surface area (Å²) in [6.45, 7) is 2.82. The van der Waals surface area contributed by atoms with Crippen LogP contribution in [-0.4, -0.2) is 23.3 Å². The molecule has 1 aliphatic rings. The number of hydrogen-bond donors (Lipinski definition) is 1. The molecule has 5 nitrogen and oxygen atoms in total. The molecule has 148 valence electrons. The Labute approximate surface area is 168 Å². The minimum absolute atomic E-state index is 0.0304. The molecule has 0 aliphatic carbocycles. The molecular formula is C23H21FN2O3. The minimum atomic E-state index is -0.359. The lowest BCUT2D eigenvalue weighted by Gasteiger charge is -2.26. The molecule has 6 heteroatoms. The monoisotopic (exact) mass is 392 g/mol. The van der Waals surface area contributed by atoms with Crippen molar-refractivity contribution in [1.29, 1.82) is 0 Å². The van der Waals surface area contributed by atoms with E-state index >= 15 is 0 Å². The van der Waals surface area contributed by atoms with Crippen LogP contribution in [0.15, 0.2) is 59.0 Å². The molecule has 0 saturated carbocycles. The van der Waals surface area contributed by atoms with Crippen LogP contribution >= 0.6 is 0 Å². The molecule has 0 saturated heterocycles. The first-order valence-electron chi connectivity index (χ1n) is 9.60. The summed E-state index contributed by atoms with van der Waals surface area (Å²) in [6, 6.07) is 15.0. The van der Waals surface area contributed by atoms with Crippen LogP contribution in [0.2, 0.25) is 0 Å². The number of nitrogens with zero attached hydrogens (tertiary/aromatic N) is 1. The van der Waals surface area contributed by atoms with Crippen LogP contribution in [-0.2, 0) is 17.8 Å². The summed E-state index contributed by atoms with van der Waals surface area (Å²) in [6.07, 6.45) is 1.06. The highest BCUT2D eigenvalue weighted by molar-refractivity contribution is 5.94. The SMILES string of the molecule is CCC(=O)Nc1ccc(-c2cc3c(o2)CCN(C(=O)c2ccc(F)cc2)C3)cc1. The van der Waals surface area contributed by atoms with Gasteiger partial charge in [0, 0.05) is 48.3 Å². The molecule has 0 radical (unpaired) electrons. The first-order chi connectivity index (χ1) is 14.0. The zero-order valence-electron chi connectivity index (χ0n) is 16.1. The van der Waals surface area contributed by atoms with Gasteiger partial charge in [-0.2, -0.15) is 0 Å². The maximum absolute atomic E-state index is 13.1. The van der Waals surface area contributed by atoms with Gasteiger partial charge in [0.25, 0.3) is 5.91 Å². The molecule has 0 atom stereocenters. The van der Waals surface area contributed by atoms with Crippen molar-refractivity contribution in [1.82, 2.24) is 4.90 Å². The van der Waals surface area contributed by atoms with E-state index in [9.17, 15) is 14.0 Å². The summed E-state index contributed by atoms with van der Waals surface area (Å²) in [7, 11) is 0. The average Bonchev–Trinajstić information content (AvgIpc) is 3.17. The van der Waals surface area contributed by atoms with Crippen molar-refractivity contribution in [3.05, 3.63) is 77.3 Å². The van der Waals surface area contributed by atoms with E-state index in [1.807, 2.05) is 30.3 Å². The van der Waals surface area contributed by atoms with Gasteiger partial charge in [-0.3, -0.25) is 9.59 Å². The standard InChI is InChI=1S/C23H21FN2O3/c1-2-22(27)25-19-9-5-15(6-10-19)21-13-17-14-26(12-11-20(17)29-21)23(28)16-3-7-18(24)8-4-16/h3-10,13H,2,11-12,14H2,1H3,(H,25,27). The number of benzene rings is 2. The number of halogens is 1. The maximum atomic E-state index is 13.1. The van der Waals surface area contributed by atoms with Crippen molar-refractivity contribution < 1.29 is 18.4 Å². The van der Waals surface area contributed by atoms with E-state index in [4.69, 9.17) is 4.42 Å². The van der Waals surface area contributed by atoms with Gasteiger partial charge in [0.15, 0.2) is 0 Å². The number of carbonyl (C=O) groups excluding carboxylic acids is 2. The molecule has 3 aromatic rings. The second-order valence-corrected chi connectivity index (χ2v) is 7.02. The summed E-state index contributed by atoms with van der Waals surface area (Å²) < 4.78 is 19.1. The van der Waals surface area contributed by atoms with Crippen molar-refractivity contribution in [3.63, 3.8) is 0 Å². The van der Waals surface area contributed by atoms with Crippen LogP contribution in [0.4, 0.5) is 10.1 Å². The number of hydrogen-bond acceptors (Lipinski definition) is 3. The van der Waals surface area contributed by atoms with Crippen molar-refractivity contribution >= 4 is 17.5 Å². The van der Waals surface area contributed by atoms with E-state index < -0.39 is 0 Å². The zero-order valence-corrected chi connectivity index (χ0v) is 16.1. The van der Waals surface area contributed by atoms with Gasteiger partial charge in [0.1, 0.15) is 17.3 Å². The largest absolute Gasteiger partial charge is 0.461 e. The highest BCUT2D eigenvalue weighted by Gasteiger charge is 2.25. The quantitative estimate of drug-likeness (QED) is 0.704. The van der Waals surface area contributed by atoms with Crippen LogP contribution in [0.3, 0.4) is 0 Å². The van der Waals surface area contributed by atoms with Crippen molar-refractivity contribution in [2.75, 3.05) is 11.9 Å². The summed E-state index contributed by atoms with van der Waals surface area (Å²) in [5, 5.41) is 2.82. The predicted octanol–water partition coefficient (Wildman–Crippen LogP) is 4.63. The van der Waals surface area contributed by atoms with Gasteiger partial charge in [-0.15, -0.1) is 0 Å². The molecule has 0 spiro atoms. The number of fused-ring (bicyclic) bond motifs is 1. The predicted molar refractivity (Wildman–Crippen MR) is 108 cm³/mol. The number of rotatable bonds is 4. The number of nitrogens with one attached hydrogen (secondary N) is 1. The first-order valence-corrected chi connectivity index (χ1v) is 9.60. The third-order valence-electron chi connectivity index (χ3n) is 5.02. The molecule has 0 fully saturated rings. The second-order valence-electron chi connectivity index (χ2n) is 7.02. The fourth-order valence-corrected chi connectivity index (χ4v) is 3.39. The molecule has 4 rings (SSSR count). The molecule has 2 aromatic carbocycles. The zero-order chi connectivity index (χ0) is 20.4. The lowest BCUT2D eigenvalue weighted by Crippen LogP contribution is -2.35. The van der Waals surface area contributed by atoms with E-state index in [0.29, 0.717) is 31.5 Å². The smallest absolute Gasteiger partial charge is 0.254 e. The van der Waals surface area contributed by atoms with Crippen molar-refractivity contribution in [3.8, 4) is 11.3 Å². The Morgan fingerprint density at radius 1 is 1.10 bits per heavy atom. The topological polar surface area (TPSA) is 62.6 Å². The molecule has 0 unspecified atom stereocenters. The van der Waals surface area contributed by atoms with E-state index in [-0.39, 0.29) is 17.6 Å². The van der Waals surface area contributed by atoms with Gasteiger partial charge in [-0.25, -0.2) is 4.39 Å². The second kappa shape index (κ2) is 7.91. The summed E-state index contributed by atoms with van der Waals surface area (Å²) >= 11 is 0. The van der Waals surface area contributed by atoms with Gasteiger partial charge in [0.05, 0.1) is 0 Å². The van der Waals surface area contributed by atoms with E-state index in [1.54, 1.807) is 11.8 Å². The molecule has 0 bridgehead atoms. The van der Waals surface area contributed by atoms with Gasteiger partial charge in [0.2, 0.25) is 5.91 Å². The molecule has 29 heavy (non-hydrogen) atoms. The normalized spacial score (nSPS) is 13.1. The number of anilines is 1. The lowest BCUT2D eigenvalue weighted by atomic mass is 10.1. The molecular weight excluding hydrogens is 371 g/mol. The Bertz CT molecular complexity index is 1040. The van der Waals surface area contributed by atoms with Crippen molar-refractivity contribution in [2.45, 2.75) is 26.3 Å². The van der Waals surface area contributed by atoms with Crippen molar-refractivity contribution in [2.24, 2.45) is 0 Å². The van der Waals surface area contributed by atoms with E-state index in [1.165, 1.54) is 24.3 Å². The number of furan rings is 1. The third kappa shape index (κ3) is 4.06.